The molecule has 0 bridgehead atoms. The molecule has 1 aliphatic carbocycles. The number of hydrogen-bond acceptors (Lipinski definition) is 0. The van der Waals surface area contributed by atoms with Crippen LogP contribution in [0.5, 0.6) is 0 Å². The van der Waals surface area contributed by atoms with Gasteiger partial charge in [-0.1, -0.05) is 94.5 Å². The van der Waals surface area contributed by atoms with Crippen LogP contribution in [0.2, 0.25) is 0 Å². The van der Waals surface area contributed by atoms with E-state index in [-0.39, 0.29) is 0 Å². The maximum absolute atomic E-state index is 2.38. The summed E-state index contributed by atoms with van der Waals surface area (Å²) in [7, 11) is 0. The fraction of sp³-hybridized carbons (Fsp3) is 0.556. The Morgan fingerprint density at radius 1 is 0.667 bits per heavy atom. The van der Waals surface area contributed by atoms with E-state index in [0.717, 1.165) is 11.8 Å². The Bertz CT molecular complexity index is 641. The molecular formula is C27H38. The minimum absolute atomic E-state index is 0.789. The maximum Gasteiger partial charge on any atom is -0.0162 e. The maximum atomic E-state index is 2.38. The summed E-state index contributed by atoms with van der Waals surface area (Å²) in [5.74, 6) is 1.77. The van der Waals surface area contributed by atoms with Gasteiger partial charge in [0.1, 0.15) is 0 Å². The second kappa shape index (κ2) is 10.7. The average molecular weight is 363 g/mol. The van der Waals surface area contributed by atoms with E-state index in [9.17, 15) is 0 Å². The smallest absolute Gasteiger partial charge is 0.0162 e. The lowest BCUT2D eigenvalue weighted by Gasteiger charge is -2.28. The van der Waals surface area contributed by atoms with Crippen molar-refractivity contribution in [3.8, 4) is 11.1 Å². The molecule has 2 aromatic rings. The van der Waals surface area contributed by atoms with Gasteiger partial charge in [0.2, 0.25) is 0 Å². The summed E-state index contributed by atoms with van der Waals surface area (Å²) >= 11 is 0. The van der Waals surface area contributed by atoms with Crippen molar-refractivity contribution in [1.29, 1.82) is 0 Å². The van der Waals surface area contributed by atoms with Gasteiger partial charge in [-0.2, -0.15) is 0 Å². The minimum Gasteiger partial charge on any atom is -0.0654 e. The van der Waals surface area contributed by atoms with Crippen molar-refractivity contribution in [2.45, 2.75) is 90.4 Å². The van der Waals surface area contributed by atoms with Gasteiger partial charge < -0.3 is 0 Å². The van der Waals surface area contributed by atoms with Crippen molar-refractivity contribution in [3.63, 3.8) is 0 Å². The third kappa shape index (κ3) is 5.96. The van der Waals surface area contributed by atoms with Crippen LogP contribution in [0.15, 0.2) is 48.5 Å². The van der Waals surface area contributed by atoms with E-state index in [4.69, 9.17) is 0 Å². The van der Waals surface area contributed by atoms with Gasteiger partial charge in [0.15, 0.2) is 0 Å². The van der Waals surface area contributed by atoms with E-state index >= 15 is 0 Å². The molecular weight excluding hydrogens is 324 g/mol. The Morgan fingerprint density at radius 3 is 1.85 bits per heavy atom. The van der Waals surface area contributed by atoms with Gasteiger partial charge in [-0.15, -0.1) is 0 Å². The highest BCUT2D eigenvalue weighted by molar-refractivity contribution is 5.64. The quantitative estimate of drug-likeness (QED) is 0.392. The van der Waals surface area contributed by atoms with E-state index in [2.05, 4.69) is 62.4 Å². The first-order valence-corrected chi connectivity index (χ1v) is 11.5. The van der Waals surface area contributed by atoms with Gasteiger partial charge in [0.05, 0.1) is 0 Å². The zero-order chi connectivity index (χ0) is 18.9. The molecule has 0 atom stereocenters. The Hall–Kier alpha value is -1.56. The summed E-state index contributed by atoms with van der Waals surface area (Å²) in [6.45, 7) is 4.62. The summed E-state index contributed by atoms with van der Waals surface area (Å²) < 4.78 is 0. The topological polar surface area (TPSA) is 0 Å². The minimum atomic E-state index is 0.789. The summed E-state index contributed by atoms with van der Waals surface area (Å²) in [5.41, 5.74) is 5.75. The van der Waals surface area contributed by atoms with E-state index in [1.165, 1.54) is 87.3 Å². The van der Waals surface area contributed by atoms with Gasteiger partial charge in [-0.3, -0.25) is 0 Å². The monoisotopic (exact) mass is 362 g/mol. The molecule has 0 N–H and O–H groups in total. The molecule has 0 aromatic heterocycles. The molecule has 0 spiro atoms. The van der Waals surface area contributed by atoms with Crippen LogP contribution in [0.3, 0.4) is 0 Å². The SMILES string of the molecule is CCCCCCCc1ccc(-c2ccc(C3CCC(CC)CC3)cc2)cc1. The van der Waals surface area contributed by atoms with E-state index in [0.29, 0.717) is 0 Å². The van der Waals surface area contributed by atoms with Gasteiger partial charge in [-0.05, 0) is 72.6 Å². The molecule has 1 fully saturated rings. The molecule has 0 nitrogen and oxygen atoms in total. The Balaban J connectivity index is 1.52. The van der Waals surface area contributed by atoms with Gasteiger partial charge in [0, 0.05) is 0 Å². The highest BCUT2D eigenvalue weighted by atomic mass is 14.3. The van der Waals surface area contributed by atoms with Crippen LogP contribution in [-0.4, -0.2) is 0 Å². The summed E-state index contributed by atoms with van der Waals surface area (Å²) in [6.07, 6.45) is 15.0. The molecule has 3 rings (SSSR count). The molecule has 0 aliphatic heterocycles. The average Bonchev–Trinajstić information content (AvgIpc) is 2.74. The van der Waals surface area contributed by atoms with E-state index < -0.39 is 0 Å². The normalized spacial score (nSPS) is 19.9. The molecule has 0 heterocycles. The fourth-order valence-electron chi connectivity index (χ4n) is 4.65. The molecule has 1 saturated carbocycles. The number of hydrogen-bond donors (Lipinski definition) is 0. The van der Waals surface area contributed by atoms with Crippen molar-refractivity contribution >= 4 is 0 Å². The van der Waals surface area contributed by atoms with Crippen LogP contribution in [0, 0.1) is 5.92 Å². The van der Waals surface area contributed by atoms with Crippen LogP contribution in [-0.2, 0) is 6.42 Å². The number of rotatable bonds is 9. The van der Waals surface area contributed by atoms with Crippen molar-refractivity contribution in [2.24, 2.45) is 5.92 Å². The van der Waals surface area contributed by atoms with Crippen molar-refractivity contribution < 1.29 is 0 Å². The Morgan fingerprint density at radius 2 is 1.26 bits per heavy atom. The first kappa shape index (κ1) is 20.2. The second-order valence-corrected chi connectivity index (χ2v) is 8.61. The molecule has 0 radical (unpaired) electrons. The van der Waals surface area contributed by atoms with Crippen molar-refractivity contribution in [2.75, 3.05) is 0 Å². The van der Waals surface area contributed by atoms with Crippen LogP contribution in [0.4, 0.5) is 0 Å². The van der Waals surface area contributed by atoms with Gasteiger partial charge in [-0.25, -0.2) is 0 Å². The largest absolute Gasteiger partial charge is 0.0654 e. The summed E-state index contributed by atoms with van der Waals surface area (Å²) in [5, 5.41) is 0. The number of unbranched alkanes of at least 4 members (excludes halogenated alkanes) is 4. The predicted octanol–water partition coefficient (Wildman–Crippen LogP) is 8.55. The van der Waals surface area contributed by atoms with Crippen LogP contribution >= 0.6 is 0 Å². The molecule has 0 unspecified atom stereocenters. The first-order chi connectivity index (χ1) is 13.3. The molecule has 0 amide bonds. The lowest BCUT2D eigenvalue weighted by atomic mass is 9.77. The summed E-state index contributed by atoms with van der Waals surface area (Å²) in [4.78, 5) is 0. The van der Waals surface area contributed by atoms with Crippen molar-refractivity contribution in [3.05, 3.63) is 59.7 Å². The Kier molecular flexibility index (Phi) is 7.99. The lowest BCUT2D eigenvalue weighted by Crippen LogP contribution is -2.12. The van der Waals surface area contributed by atoms with E-state index in [1.54, 1.807) is 5.56 Å². The van der Waals surface area contributed by atoms with Gasteiger partial charge in [0.25, 0.3) is 0 Å². The summed E-state index contributed by atoms with van der Waals surface area (Å²) in [6, 6.07) is 18.7. The van der Waals surface area contributed by atoms with E-state index in [1.807, 2.05) is 0 Å². The predicted molar refractivity (Wildman–Crippen MR) is 119 cm³/mol. The first-order valence-electron chi connectivity index (χ1n) is 11.5. The zero-order valence-corrected chi connectivity index (χ0v) is 17.6. The van der Waals surface area contributed by atoms with Crippen LogP contribution < -0.4 is 0 Å². The number of aryl methyl sites for hydroxylation is 1. The third-order valence-corrected chi connectivity index (χ3v) is 6.66. The van der Waals surface area contributed by atoms with Gasteiger partial charge >= 0.3 is 0 Å². The Labute approximate surface area is 167 Å². The lowest BCUT2D eigenvalue weighted by molar-refractivity contribution is 0.319. The highest BCUT2D eigenvalue weighted by Gasteiger charge is 2.21. The molecule has 27 heavy (non-hydrogen) atoms. The fourth-order valence-corrected chi connectivity index (χ4v) is 4.65. The van der Waals surface area contributed by atoms with Crippen LogP contribution in [0.25, 0.3) is 11.1 Å². The standard InChI is InChI=1S/C27H38/c1-3-5-6-7-8-9-23-12-16-25(17-13-23)27-20-18-26(19-21-27)24-14-10-22(4-2)11-15-24/h12-13,16-22,24H,3-11,14-15H2,1-2H3. The highest BCUT2D eigenvalue weighted by Crippen LogP contribution is 2.37. The molecule has 0 saturated heterocycles. The zero-order valence-electron chi connectivity index (χ0n) is 17.6. The molecule has 0 heteroatoms. The molecule has 2 aromatic carbocycles. The number of benzene rings is 2. The third-order valence-electron chi connectivity index (χ3n) is 6.66. The van der Waals surface area contributed by atoms with Crippen LogP contribution in [0.1, 0.15) is 95.1 Å². The van der Waals surface area contributed by atoms with Crippen molar-refractivity contribution in [1.82, 2.24) is 0 Å². The molecule has 146 valence electrons. The molecule has 1 aliphatic rings. The second-order valence-electron chi connectivity index (χ2n) is 8.61.